The van der Waals surface area contributed by atoms with Crippen LogP contribution in [0.4, 0.5) is 0 Å². The maximum atomic E-state index is 13.8. The Morgan fingerprint density at radius 2 is 1.75 bits per heavy atom. The van der Waals surface area contributed by atoms with Gasteiger partial charge in [-0.3, -0.25) is 14.2 Å². The van der Waals surface area contributed by atoms with Crippen LogP contribution in [0.25, 0.3) is 16.6 Å². The van der Waals surface area contributed by atoms with E-state index in [0.29, 0.717) is 27.4 Å². The highest BCUT2D eigenvalue weighted by Crippen LogP contribution is 2.27. The quantitative estimate of drug-likeness (QED) is 0.257. The van der Waals surface area contributed by atoms with E-state index in [1.165, 1.54) is 11.8 Å². The molecule has 1 aromatic heterocycles. The second kappa shape index (κ2) is 10.2. The van der Waals surface area contributed by atoms with E-state index in [4.69, 9.17) is 9.72 Å². The number of likely N-dealkylation sites (tertiary alicyclic amines) is 1. The second-order valence-electron chi connectivity index (χ2n) is 9.25. The van der Waals surface area contributed by atoms with Crippen LogP contribution in [0.2, 0.25) is 0 Å². The molecule has 5 rings (SSSR count). The molecule has 0 spiro atoms. The first-order chi connectivity index (χ1) is 17.4. The van der Waals surface area contributed by atoms with Gasteiger partial charge in [0.15, 0.2) is 5.16 Å². The van der Waals surface area contributed by atoms with E-state index in [-0.39, 0.29) is 11.5 Å². The van der Waals surface area contributed by atoms with E-state index >= 15 is 0 Å². The van der Waals surface area contributed by atoms with Crippen LogP contribution in [0.3, 0.4) is 0 Å². The highest BCUT2D eigenvalue weighted by molar-refractivity contribution is 7.98. The second-order valence-corrected chi connectivity index (χ2v) is 10.2. The number of fused-ring (bicyclic) bond motifs is 1. The number of nitrogens with zero attached hydrogens (tertiary/aromatic N) is 3. The van der Waals surface area contributed by atoms with Gasteiger partial charge in [0.05, 0.1) is 23.7 Å². The Hall–Kier alpha value is -3.58. The number of carbonyl (C=O) groups is 1. The summed E-state index contributed by atoms with van der Waals surface area (Å²) in [6.07, 6.45) is 2.06. The molecule has 1 amide bonds. The van der Waals surface area contributed by atoms with Gasteiger partial charge in [-0.2, -0.15) is 0 Å². The fraction of sp³-hybridized carbons (Fsp3) is 0.276. The van der Waals surface area contributed by atoms with E-state index in [1.807, 2.05) is 55.1 Å². The van der Waals surface area contributed by atoms with Crippen molar-refractivity contribution < 1.29 is 9.53 Å². The SMILES string of the molecule is COc1cccc(CSc2nc3cc(C(=O)N4CCCC4)ccc3c(=O)n2-c2cc(C)cc(C)c2)c1. The molecule has 1 saturated heterocycles. The Kier molecular flexibility index (Phi) is 6.83. The molecule has 0 atom stereocenters. The number of hydrogen-bond acceptors (Lipinski definition) is 5. The van der Waals surface area contributed by atoms with Gasteiger partial charge in [-0.05, 0) is 85.8 Å². The number of amides is 1. The van der Waals surface area contributed by atoms with Gasteiger partial charge in [0, 0.05) is 24.4 Å². The number of thioether (sulfide) groups is 1. The summed E-state index contributed by atoms with van der Waals surface area (Å²) >= 11 is 1.50. The Morgan fingerprint density at radius 1 is 1.00 bits per heavy atom. The molecule has 2 heterocycles. The van der Waals surface area contributed by atoms with Crippen molar-refractivity contribution >= 4 is 28.6 Å². The minimum absolute atomic E-state index is 0.000251. The van der Waals surface area contributed by atoms with Crippen molar-refractivity contribution in [2.24, 2.45) is 0 Å². The number of methoxy groups -OCH3 is 1. The molecule has 0 saturated carbocycles. The number of rotatable bonds is 6. The van der Waals surface area contributed by atoms with Crippen molar-refractivity contribution in [3.05, 3.63) is 93.3 Å². The summed E-state index contributed by atoms with van der Waals surface area (Å²) in [5, 5.41) is 1.09. The molecular weight excluding hydrogens is 470 g/mol. The molecule has 1 fully saturated rings. The highest BCUT2D eigenvalue weighted by atomic mass is 32.2. The van der Waals surface area contributed by atoms with Gasteiger partial charge in [-0.15, -0.1) is 0 Å². The molecule has 184 valence electrons. The molecule has 3 aromatic carbocycles. The Bertz CT molecular complexity index is 1490. The summed E-state index contributed by atoms with van der Waals surface area (Å²) in [4.78, 5) is 33.6. The molecular formula is C29H29N3O3S. The maximum Gasteiger partial charge on any atom is 0.266 e. The summed E-state index contributed by atoms with van der Waals surface area (Å²) in [5.41, 5.74) is 4.98. The van der Waals surface area contributed by atoms with Gasteiger partial charge in [0.2, 0.25) is 0 Å². The molecule has 36 heavy (non-hydrogen) atoms. The third kappa shape index (κ3) is 4.88. The molecule has 7 heteroatoms. The van der Waals surface area contributed by atoms with Gasteiger partial charge in [0.25, 0.3) is 11.5 Å². The monoisotopic (exact) mass is 499 g/mol. The zero-order valence-corrected chi connectivity index (χ0v) is 21.6. The molecule has 0 bridgehead atoms. The lowest BCUT2D eigenvalue weighted by Gasteiger charge is -2.17. The maximum absolute atomic E-state index is 13.8. The van der Waals surface area contributed by atoms with Crippen molar-refractivity contribution in [3.8, 4) is 11.4 Å². The van der Waals surface area contributed by atoms with Crippen molar-refractivity contribution in [1.82, 2.24) is 14.5 Å². The van der Waals surface area contributed by atoms with Crippen molar-refractivity contribution in [2.45, 2.75) is 37.6 Å². The summed E-state index contributed by atoms with van der Waals surface area (Å²) in [7, 11) is 1.65. The molecule has 0 radical (unpaired) electrons. The van der Waals surface area contributed by atoms with E-state index in [2.05, 4.69) is 6.07 Å². The largest absolute Gasteiger partial charge is 0.497 e. The van der Waals surface area contributed by atoms with Crippen LogP contribution in [0.15, 0.2) is 70.6 Å². The van der Waals surface area contributed by atoms with E-state index in [9.17, 15) is 9.59 Å². The molecule has 4 aromatic rings. The fourth-order valence-electron chi connectivity index (χ4n) is 4.72. The number of carbonyl (C=O) groups excluding carboxylic acids is 1. The molecule has 0 aliphatic carbocycles. The first kappa shape index (κ1) is 24.1. The molecule has 6 nitrogen and oxygen atoms in total. The third-order valence-corrected chi connectivity index (χ3v) is 7.46. The standard InChI is InChI=1S/C29H29N3O3S/c1-19-13-20(2)15-23(14-19)32-28(34)25-10-9-22(27(33)31-11-4-5-12-31)17-26(25)30-29(32)36-18-21-7-6-8-24(16-21)35-3/h6-10,13-17H,4-5,11-12,18H2,1-3H3. The Labute approximate surface area is 214 Å². The topological polar surface area (TPSA) is 64.4 Å². The van der Waals surface area contributed by atoms with E-state index < -0.39 is 0 Å². The minimum atomic E-state index is -0.140. The number of aryl methyl sites for hydroxylation is 2. The van der Waals surface area contributed by atoms with Crippen LogP contribution in [0.5, 0.6) is 5.75 Å². The van der Waals surface area contributed by atoms with E-state index in [1.54, 1.807) is 29.9 Å². The molecule has 1 aliphatic rings. The minimum Gasteiger partial charge on any atom is -0.497 e. The zero-order valence-electron chi connectivity index (χ0n) is 20.8. The average Bonchev–Trinajstić information content (AvgIpc) is 3.41. The van der Waals surface area contributed by atoms with Gasteiger partial charge < -0.3 is 9.64 Å². The van der Waals surface area contributed by atoms with Crippen molar-refractivity contribution in [3.63, 3.8) is 0 Å². The lowest BCUT2D eigenvalue weighted by atomic mass is 10.1. The summed E-state index contributed by atoms with van der Waals surface area (Å²) in [6.45, 7) is 5.60. The molecule has 0 N–H and O–H groups in total. The molecule has 1 aliphatic heterocycles. The highest BCUT2D eigenvalue weighted by Gasteiger charge is 2.21. The van der Waals surface area contributed by atoms with Crippen LogP contribution in [-0.2, 0) is 5.75 Å². The predicted molar refractivity (Wildman–Crippen MR) is 145 cm³/mol. The van der Waals surface area contributed by atoms with Gasteiger partial charge in [-0.1, -0.05) is 30.0 Å². The van der Waals surface area contributed by atoms with Crippen LogP contribution in [0, 0.1) is 13.8 Å². The van der Waals surface area contributed by atoms with Gasteiger partial charge in [-0.25, -0.2) is 4.98 Å². The number of hydrogen-bond donors (Lipinski definition) is 0. The summed E-state index contributed by atoms with van der Waals surface area (Å²) in [5.74, 6) is 1.41. The van der Waals surface area contributed by atoms with Crippen LogP contribution < -0.4 is 10.3 Å². The normalized spacial score (nSPS) is 13.4. The number of ether oxygens (including phenoxy) is 1. The third-order valence-electron chi connectivity index (χ3n) is 6.45. The van der Waals surface area contributed by atoms with Crippen LogP contribution >= 0.6 is 11.8 Å². The number of aromatic nitrogens is 2. The summed E-state index contributed by atoms with van der Waals surface area (Å²) < 4.78 is 7.05. The smallest absolute Gasteiger partial charge is 0.266 e. The average molecular weight is 500 g/mol. The lowest BCUT2D eigenvalue weighted by molar-refractivity contribution is 0.0793. The van der Waals surface area contributed by atoms with Crippen molar-refractivity contribution in [1.29, 1.82) is 0 Å². The fourth-order valence-corrected chi connectivity index (χ4v) is 5.67. The predicted octanol–water partition coefficient (Wildman–Crippen LogP) is 5.54. The van der Waals surface area contributed by atoms with Crippen LogP contribution in [0.1, 0.15) is 39.9 Å². The Balaban J connectivity index is 1.61. The van der Waals surface area contributed by atoms with Gasteiger partial charge in [0.1, 0.15) is 5.75 Å². The first-order valence-corrected chi connectivity index (χ1v) is 13.1. The van der Waals surface area contributed by atoms with E-state index in [0.717, 1.165) is 54.1 Å². The Morgan fingerprint density at radius 3 is 2.47 bits per heavy atom. The molecule has 0 unspecified atom stereocenters. The van der Waals surface area contributed by atoms with Gasteiger partial charge >= 0.3 is 0 Å². The van der Waals surface area contributed by atoms with Crippen molar-refractivity contribution in [2.75, 3.05) is 20.2 Å². The zero-order chi connectivity index (χ0) is 25.2. The summed E-state index contributed by atoms with van der Waals surface area (Å²) in [6, 6.07) is 19.2. The van der Waals surface area contributed by atoms with Crippen LogP contribution in [-0.4, -0.2) is 40.6 Å². The lowest BCUT2D eigenvalue weighted by Crippen LogP contribution is -2.28. The number of benzene rings is 3. The first-order valence-electron chi connectivity index (χ1n) is 12.1.